The number of nitrogens with one attached hydrogen (secondary N) is 3. The maximum atomic E-state index is 11.1. The normalized spacial score (nSPS) is 13.9. The summed E-state index contributed by atoms with van der Waals surface area (Å²) in [6.07, 6.45) is 2.00. The number of aryl methyl sites for hydroxylation is 1. The van der Waals surface area contributed by atoms with Crippen molar-refractivity contribution in [3.63, 3.8) is 0 Å². The summed E-state index contributed by atoms with van der Waals surface area (Å²) in [5.41, 5.74) is 6.25. The van der Waals surface area contributed by atoms with E-state index in [1.807, 2.05) is 0 Å². The smallest absolute Gasteiger partial charge is 0.252 e. The highest BCUT2D eigenvalue weighted by Gasteiger charge is 2.05. The Morgan fingerprint density at radius 2 is 2.25 bits per heavy atom. The molecular weight excluding hydrogens is 230 g/mol. The Hall–Kier alpha value is -1.56. The molecule has 1 aliphatic rings. The number of halogens is 1. The Morgan fingerprint density at radius 1 is 1.44 bits per heavy atom. The van der Waals surface area contributed by atoms with Gasteiger partial charge in [-0.05, 0) is 13.3 Å². The lowest BCUT2D eigenvalue weighted by molar-refractivity contribution is 0.937. The fraction of sp³-hybridized carbons (Fsp3) is 0.444. The Kier molecular flexibility index (Phi) is 4.30. The van der Waals surface area contributed by atoms with E-state index in [0.717, 1.165) is 25.2 Å². The maximum absolute atomic E-state index is 11.1. The molecule has 1 aliphatic heterocycles. The summed E-state index contributed by atoms with van der Waals surface area (Å²) in [5.74, 6) is 1.31. The second kappa shape index (κ2) is 5.50. The molecule has 3 N–H and O–H groups in total. The topological polar surface area (TPSA) is 82.2 Å². The Morgan fingerprint density at radius 3 is 2.88 bits per heavy atom. The summed E-state index contributed by atoms with van der Waals surface area (Å²) >= 11 is 0. The number of amidine groups is 1. The fourth-order valence-corrected chi connectivity index (χ4v) is 1.41. The molecule has 0 spiro atoms. The first-order valence-electron chi connectivity index (χ1n) is 4.87. The molecule has 2 heterocycles. The van der Waals surface area contributed by atoms with Crippen molar-refractivity contribution in [2.75, 3.05) is 12.0 Å². The number of hydrogen-bond acceptors (Lipinski definition) is 5. The zero-order valence-electron chi connectivity index (χ0n) is 8.91. The number of anilines is 1. The third-order valence-electron chi connectivity index (χ3n) is 2.07. The molecule has 16 heavy (non-hydrogen) atoms. The van der Waals surface area contributed by atoms with Gasteiger partial charge in [0.25, 0.3) is 5.56 Å². The molecule has 0 saturated heterocycles. The molecule has 0 radical (unpaired) electrons. The SMILES string of the molecule is Cc1cc(=O)[nH]c(NNC2=NCCC2)n1.Cl. The first-order chi connectivity index (χ1) is 7.24. The molecule has 0 aromatic carbocycles. The lowest BCUT2D eigenvalue weighted by Crippen LogP contribution is -2.30. The van der Waals surface area contributed by atoms with Crippen molar-refractivity contribution in [1.82, 2.24) is 15.4 Å². The van der Waals surface area contributed by atoms with Crippen molar-refractivity contribution in [2.24, 2.45) is 4.99 Å². The van der Waals surface area contributed by atoms with E-state index in [1.165, 1.54) is 6.07 Å². The highest BCUT2D eigenvalue weighted by atomic mass is 35.5. The average molecular weight is 244 g/mol. The predicted octanol–water partition coefficient (Wildman–Crippen LogP) is 0.609. The van der Waals surface area contributed by atoms with Gasteiger partial charge < -0.3 is 0 Å². The van der Waals surface area contributed by atoms with E-state index >= 15 is 0 Å². The monoisotopic (exact) mass is 243 g/mol. The predicted molar refractivity (Wildman–Crippen MR) is 65.1 cm³/mol. The van der Waals surface area contributed by atoms with Gasteiger partial charge in [0.05, 0.1) is 0 Å². The van der Waals surface area contributed by atoms with E-state index < -0.39 is 0 Å². The molecule has 0 unspecified atom stereocenters. The second-order valence-electron chi connectivity index (χ2n) is 3.42. The second-order valence-corrected chi connectivity index (χ2v) is 3.42. The maximum Gasteiger partial charge on any atom is 0.252 e. The van der Waals surface area contributed by atoms with E-state index in [9.17, 15) is 4.79 Å². The van der Waals surface area contributed by atoms with Crippen LogP contribution in [0.1, 0.15) is 18.5 Å². The Bertz CT molecular complexity index is 442. The number of hydrogen-bond donors (Lipinski definition) is 3. The van der Waals surface area contributed by atoms with E-state index in [2.05, 4.69) is 25.8 Å². The minimum atomic E-state index is -0.167. The lowest BCUT2D eigenvalue weighted by Gasteiger charge is -2.07. The minimum Gasteiger partial charge on any atom is -0.291 e. The van der Waals surface area contributed by atoms with Crippen LogP contribution in [0.2, 0.25) is 0 Å². The summed E-state index contributed by atoms with van der Waals surface area (Å²) < 4.78 is 0. The molecule has 0 bridgehead atoms. The first-order valence-corrected chi connectivity index (χ1v) is 4.87. The quantitative estimate of drug-likeness (QED) is 0.665. The average Bonchev–Trinajstić information content (AvgIpc) is 2.65. The van der Waals surface area contributed by atoms with Gasteiger partial charge in [0.15, 0.2) is 0 Å². The zero-order chi connectivity index (χ0) is 10.7. The van der Waals surface area contributed by atoms with E-state index in [4.69, 9.17) is 0 Å². The van der Waals surface area contributed by atoms with Crippen LogP contribution in [0.5, 0.6) is 0 Å². The number of aromatic amines is 1. The largest absolute Gasteiger partial charge is 0.291 e. The van der Waals surface area contributed by atoms with Crippen LogP contribution in [0.15, 0.2) is 15.9 Å². The molecule has 0 atom stereocenters. The molecule has 0 saturated carbocycles. The van der Waals surface area contributed by atoms with Crippen molar-refractivity contribution < 1.29 is 0 Å². The van der Waals surface area contributed by atoms with Gasteiger partial charge in [-0.2, -0.15) is 0 Å². The highest BCUT2D eigenvalue weighted by molar-refractivity contribution is 5.85. The summed E-state index contributed by atoms with van der Waals surface area (Å²) in [6.45, 7) is 2.63. The van der Waals surface area contributed by atoms with Crippen LogP contribution in [-0.2, 0) is 0 Å². The summed E-state index contributed by atoms with van der Waals surface area (Å²) in [4.78, 5) is 22.0. The van der Waals surface area contributed by atoms with Gasteiger partial charge in [0.1, 0.15) is 5.84 Å². The highest BCUT2D eigenvalue weighted by Crippen LogP contribution is 2.01. The minimum absolute atomic E-state index is 0. The third-order valence-corrected chi connectivity index (χ3v) is 2.07. The van der Waals surface area contributed by atoms with Gasteiger partial charge in [-0.15, -0.1) is 12.4 Å². The Balaban J connectivity index is 0.00000128. The molecular formula is C9H14ClN5O. The molecule has 88 valence electrons. The van der Waals surface area contributed by atoms with Crippen LogP contribution in [-0.4, -0.2) is 22.3 Å². The van der Waals surface area contributed by atoms with Crippen LogP contribution in [0.3, 0.4) is 0 Å². The molecule has 1 aromatic heterocycles. The molecule has 0 aliphatic carbocycles. The number of aliphatic imine (C=N–C) groups is 1. The summed E-state index contributed by atoms with van der Waals surface area (Å²) in [6, 6.07) is 1.44. The van der Waals surface area contributed by atoms with Gasteiger partial charge in [-0.25, -0.2) is 4.98 Å². The number of hydrazine groups is 1. The zero-order valence-corrected chi connectivity index (χ0v) is 9.73. The van der Waals surface area contributed by atoms with Crippen molar-refractivity contribution in [2.45, 2.75) is 19.8 Å². The summed E-state index contributed by atoms with van der Waals surface area (Å²) in [5, 5.41) is 0. The fourth-order valence-electron chi connectivity index (χ4n) is 1.41. The van der Waals surface area contributed by atoms with Gasteiger partial charge in [0, 0.05) is 24.7 Å². The number of aromatic nitrogens is 2. The van der Waals surface area contributed by atoms with Crippen LogP contribution in [0.4, 0.5) is 5.95 Å². The van der Waals surface area contributed by atoms with Crippen LogP contribution < -0.4 is 16.4 Å². The van der Waals surface area contributed by atoms with Gasteiger partial charge in [-0.1, -0.05) is 0 Å². The van der Waals surface area contributed by atoms with E-state index in [-0.39, 0.29) is 18.0 Å². The Labute approximate surface area is 99.0 Å². The van der Waals surface area contributed by atoms with Gasteiger partial charge >= 0.3 is 0 Å². The number of nitrogens with zero attached hydrogens (tertiary/aromatic N) is 2. The van der Waals surface area contributed by atoms with E-state index in [1.54, 1.807) is 6.92 Å². The van der Waals surface area contributed by atoms with Crippen LogP contribution in [0.25, 0.3) is 0 Å². The van der Waals surface area contributed by atoms with Crippen molar-refractivity contribution in [3.8, 4) is 0 Å². The van der Waals surface area contributed by atoms with Crippen molar-refractivity contribution in [1.29, 1.82) is 0 Å². The molecule has 7 heteroatoms. The third kappa shape index (κ3) is 3.23. The molecule has 2 rings (SSSR count). The van der Waals surface area contributed by atoms with Gasteiger partial charge in [-0.3, -0.25) is 25.6 Å². The standard InChI is InChI=1S/C9H13N5O.ClH/c1-6-5-8(15)12-9(11-6)14-13-7-3-2-4-10-7;/h5H,2-4H2,1H3,(H,10,13)(H2,11,12,14,15);1H. The number of rotatable bonds is 2. The lowest BCUT2D eigenvalue weighted by atomic mass is 10.3. The van der Waals surface area contributed by atoms with Crippen LogP contribution in [0, 0.1) is 6.92 Å². The van der Waals surface area contributed by atoms with Crippen molar-refractivity contribution in [3.05, 3.63) is 22.1 Å². The first kappa shape index (κ1) is 12.5. The molecule has 0 amide bonds. The van der Waals surface area contributed by atoms with Crippen LogP contribution >= 0.6 is 12.4 Å². The van der Waals surface area contributed by atoms with E-state index in [0.29, 0.717) is 11.6 Å². The molecule has 1 aromatic rings. The van der Waals surface area contributed by atoms with Crippen molar-refractivity contribution >= 4 is 24.2 Å². The summed E-state index contributed by atoms with van der Waals surface area (Å²) in [7, 11) is 0. The molecule has 6 nitrogen and oxygen atoms in total. The number of H-pyrrole nitrogens is 1. The van der Waals surface area contributed by atoms with Gasteiger partial charge in [0.2, 0.25) is 5.95 Å². The molecule has 0 fully saturated rings.